The smallest absolute Gasteiger partial charge is 0.268 e. The molecular weight excluding hydrogens is 695 g/mol. The van der Waals surface area contributed by atoms with Crippen molar-refractivity contribution in [2.75, 3.05) is 40.9 Å². The van der Waals surface area contributed by atoms with Gasteiger partial charge < -0.3 is 28.8 Å². The molecule has 0 fully saturated rings. The zero-order chi connectivity index (χ0) is 40.0. The van der Waals surface area contributed by atoms with Gasteiger partial charge in [0.25, 0.3) is 7.82 Å². The first-order chi connectivity index (χ1) is 26.0. The summed E-state index contributed by atoms with van der Waals surface area (Å²) >= 11 is 0. The maximum absolute atomic E-state index is 12.8. The number of aliphatic hydroxyl groups is 1. The first-order valence-electron chi connectivity index (χ1n) is 20.6. The number of phosphoric ester groups is 1. The summed E-state index contributed by atoms with van der Waals surface area (Å²) in [6, 6.07) is -0.931. The number of nitrogens with zero attached hydrogens (tertiary/aromatic N) is 1. The molecule has 0 aliphatic rings. The lowest BCUT2D eigenvalue weighted by atomic mass is 10.1. The van der Waals surface area contributed by atoms with E-state index in [-0.39, 0.29) is 18.9 Å². The van der Waals surface area contributed by atoms with E-state index in [1.165, 1.54) is 32.1 Å². The Morgan fingerprint density at radius 2 is 1.15 bits per heavy atom. The SMILES string of the molecule is CC/C=C\C/C=C\C/C=C\C/C=C\C/C=C\C/C=C\CCCCC(=O)NC(COP(=O)([O-])OCC[N+](C)(C)C)C(O)/C=C/CC/C=C/CCCCCCC. The largest absolute Gasteiger partial charge is 0.756 e. The lowest BCUT2D eigenvalue weighted by Gasteiger charge is -2.29. The van der Waals surface area contributed by atoms with Crippen LogP contribution >= 0.6 is 7.82 Å². The van der Waals surface area contributed by atoms with Gasteiger partial charge in [-0.1, -0.05) is 137 Å². The van der Waals surface area contributed by atoms with Gasteiger partial charge in [0.2, 0.25) is 5.91 Å². The number of phosphoric acid groups is 1. The van der Waals surface area contributed by atoms with E-state index in [0.29, 0.717) is 17.4 Å². The molecule has 0 aliphatic carbocycles. The third-order valence-corrected chi connectivity index (χ3v) is 9.24. The van der Waals surface area contributed by atoms with E-state index in [1.807, 2.05) is 27.2 Å². The van der Waals surface area contributed by atoms with Crippen LogP contribution in [-0.4, -0.2) is 68.5 Å². The zero-order valence-electron chi connectivity index (χ0n) is 34.6. The number of allylic oxidation sites excluding steroid dienone is 15. The molecule has 3 unspecified atom stereocenters. The summed E-state index contributed by atoms with van der Waals surface area (Å²) in [6.07, 6.45) is 50.3. The van der Waals surface area contributed by atoms with Crippen LogP contribution < -0.4 is 10.2 Å². The van der Waals surface area contributed by atoms with Crippen molar-refractivity contribution >= 4 is 13.7 Å². The number of rotatable bonds is 35. The second-order valence-corrected chi connectivity index (χ2v) is 16.0. The third-order valence-electron chi connectivity index (χ3n) is 8.28. The highest BCUT2D eigenvalue weighted by Crippen LogP contribution is 2.38. The first-order valence-corrected chi connectivity index (χ1v) is 22.1. The third kappa shape index (κ3) is 37.7. The monoisotopic (exact) mass is 773 g/mol. The van der Waals surface area contributed by atoms with Gasteiger partial charge in [0, 0.05) is 6.42 Å². The van der Waals surface area contributed by atoms with Crippen LogP contribution in [-0.2, 0) is 18.4 Å². The van der Waals surface area contributed by atoms with Crippen LogP contribution in [0.15, 0.2) is 97.2 Å². The van der Waals surface area contributed by atoms with E-state index in [4.69, 9.17) is 9.05 Å². The number of hydrogen-bond donors (Lipinski definition) is 2. The fourth-order valence-corrected chi connectivity index (χ4v) is 5.71. The van der Waals surface area contributed by atoms with E-state index >= 15 is 0 Å². The number of hydrogen-bond acceptors (Lipinski definition) is 6. The highest BCUT2D eigenvalue weighted by atomic mass is 31.2. The number of likely N-dealkylation sites (N-methyl/N-ethyl adjacent to an activating group) is 1. The molecule has 0 spiro atoms. The molecule has 0 rings (SSSR count). The molecule has 0 bridgehead atoms. The highest BCUT2D eigenvalue weighted by molar-refractivity contribution is 7.45. The van der Waals surface area contributed by atoms with Gasteiger partial charge in [0.1, 0.15) is 13.2 Å². The summed E-state index contributed by atoms with van der Waals surface area (Å²) in [6.45, 7) is 4.40. The summed E-state index contributed by atoms with van der Waals surface area (Å²) in [5.41, 5.74) is 0. The Balaban J connectivity index is 4.58. The van der Waals surface area contributed by atoms with Gasteiger partial charge in [-0.2, -0.15) is 0 Å². The molecule has 54 heavy (non-hydrogen) atoms. The molecule has 8 nitrogen and oxygen atoms in total. The van der Waals surface area contributed by atoms with Crippen molar-refractivity contribution in [1.82, 2.24) is 5.32 Å². The quantitative estimate of drug-likeness (QED) is 0.0287. The average Bonchev–Trinajstić information content (AvgIpc) is 3.12. The van der Waals surface area contributed by atoms with Gasteiger partial charge in [-0.05, 0) is 83.5 Å². The van der Waals surface area contributed by atoms with Crippen LogP contribution in [0.5, 0.6) is 0 Å². The molecule has 0 saturated heterocycles. The van der Waals surface area contributed by atoms with Crippen LogP contribution in [0.2, 0.25) is 0 Å². The van der Waals surface area contributed by atoms with Crippen molar-refractivity contribution in [2.24, 2.45) is 0 Å². The van der Waals surface area contributed by atoms with Crippen molar-refractivity contribution in [3.8, 4) is 0 Å². The Kier molecular flexibility index (Phi) is 34.4. The molecule has 0 saturated carbocycles. The molecule has 0 aromatic heterocycles. The van der Waals surface area contributed by atoms with Crippen molar-refractivity contribution in [3.63, 3.8) is 0 Å². The van der Waals surface area contributed by atoms with Crippen molar-refractivity contribution in [1.29, 1.82) is 0 Å². The van der Waals surface area contributed by atoms with E-state index in [0.717, 1.165) is 70.6 Å². The molecule has 0 aromatic rings. The van der Waals surface area contributed by atoms with E-state index in [2.05, 4.69) is 104 Å². The summed E-state index contributed by atoms with van der Waals surface area (Å²) in [5, 5.41) is 13.7. The van der Waals surface area contributed by atoms with Gasteiger partial charge >= 0.3 is 0 Å². The summed E-state index contributed by atoms with van der Waals surface area (Å²) in [5.74, 6) is -0.257. The molecule has 3 atom stereocenters. The van der Waals surface area contributed by atoms with Crippen LogP contribution in [0.3, 0.4) is 0 Å². The summed E-state index contributed by atoms with van der Waals surface area (Å²) in [4.78, 5) is 25.2. The molecule has 0 heterocycles. The number of nitrogens with one attached hydrogen (secondary N) is 1. The Labute approximate surface area is 330 Å². The van der Waals surface area contributed by atoms with Crippen LogP contribution in [0.4, 0.5) is 0 Å². The minimum absolute atomic E-state index is 0.0210. The lowest BCUT2D eigenvalue weighted by molar-refractivity contribution is -0.870. The minimum atomic E-state index is -4.61. The van der Waals surface area contributed by atoms with Gasteiger partial charge in [-0.25, -0.2) is 0 Å². The minimum Gasteiger partial charge on any atom is -0.756 e. The lowest BCUT2D eigenvalue weighted by Crippen LogP contribution is -2.45. The van der Waals surface area contributed by atoms with E-state index in [1.54, 1.807) is 6.08 Å². The van der Waals surface area contributed by atoms with Crippen molar-refractivity contribution < 1.29 is 32.9 Å². The number of unbranched alkanes of at least 4 members (excludes halogenated alkanes) is 8. The fraction of sp³-hybridized carbons (Fsp3) is 0.622. The van der Waals surface area contributed by atoms with Crippen LogP contribution in [0.25, 0.3) is 0 Å². The number of amides is 1. The maximum Gasteiger partial charge on any atom is 0.268 e. The topological polar surface area (TPSA) is 108 Å². The molecule has 9 heteroatoms. The van der Waals surface area contributed by atoms with Gasteiger partial charge in [0.15, 0.2) is 0 Å². The number of carbonyl (C=O) groups is 1. The molecule has 2 N–H and O–H groups in total. The van der Waals surface area contributed by atoms with Crippen LogP contribution in [0.1, 0.15) is 129 Å². The first kappa shape index (κ1) is 51.4. The van der Waals surface area contributed by atoms with E-state index < -0.39 is 26.6 Å². The summed E-state index contributed by atoms with van der Waals surface area (Å²) in [7, 11) is 1.19. The Morgan fingerprint density at radius 1 is 0.667 bits per heavy atom. The molecule has 0 radical (unpaired) electrons. The summed E-state index contributed by atoms with van der Waals surface area (Å²) < 4.78 is 23.1. The molecule has 1 amide bonds. The number of aliphatic hydroxyl groups excluding tert-OH is 1. The van der Waals surface area contributed by atoms with Gasteiger partial charge in [-0.15, -0.1) is 0 Å². The predicted molar refractivity (Wildman–Crippen MR) is 228 cm³/mol. The molecule has 0 aliphatic heterocycles. The Bertz CT molecular complexity index is 1190. The number of carbonyl (C=O) groups excluding carboxylic acids is 1. The maximum atomic E-state index is 12.8. The zero-order valence-corrected chi connectivity index (χ0v) is 35.5. The molecular formula is C45H77N2O6P. The van der Waals surface area contributed by atoms with Crippen molar-refractivity contribution in [2.45, 2.75) is 142 Å². The fourth-order valence-electron chi connectivity index (χ4n) is 4.99. The highest BCUT2D eigenvalue weighted by Gasteiger charge is 2.23. The Hall–Kier alpha value is -2.58. The second-order valence-electron chi connectivity index (χ2n) is 14.6. The normalized spacial score (nSPS) is 15.5. The van der Waals surface area contributed by atoms with Gasteiger partial charge in [-0.3, -0.25) is 9.36 Å². The standard InChI is InChI=1S/C45H77N2O6P/c1-6-8-10-12-14-16-18-19-20-21-22-23-24-25-26-27-29-31-33-35-37-39-45(49)46-43(42-53-54(50,51)52-41-40-47(3,4)5)44(48)38-36-34-32-30-28-17-15-13-11-9-7-2/h8,10,14,16,19-20,22-23,25-26,28-31,36,38,43-44,48H,6-7,9,11-13,15,17-18,21,24,27,32-35,37,39-42H2,1-5H3,(H-,46,49,50,51)/b10-8-,16-14-,20-19-,23-22-,26-25-,30-28+,31-29-,38-36+. The second kappa shape index (κ2) is 36.1. The Morgan fingerprint density at radius 3 is 1.70 bits per heavy atom. The average molecular weight is 773 g/mol. The predicted octanol–water partition coefficient (Wildman–Crippen LogP) is 10.6. The van der Waals surface area contributed by atoms with Crippen molar-refractivity contribution in [3.05, 3.63) is 97.2 Å². The van der Waals surface area contributed by atoms with Crippen LogP contribution in [0, 0.1) is 0 Å². The van der Waals surface area contributed by atoms with Gasteiger partial charge in [0.05, 0.1) is 39.9 Å². The molecule has 0 aromatic carbocycles. The number of quaternary nitrogens is 1. The molecule has 308 valence electrons. The van der Waals surface area contributed by atoms with E-state index in [9.17, 15) is 19.4 Å².